The number of fused-ring (bicyclic) bond motifs is 1. The highest BCUT2D eigenvalue weighted by Gasteiger charge is 2.30. The van der Waals surface area contributed by atoms with E-state index < -0.39 is 11.7 Å². The number of rotatable bonds is 4. The fraction of sp³-hybridized carbons (Fsp3) is 0.150. The maximum atomic E-state index is 12.9. The Balaban J connectivity index is 1.51. The topological polar surface area (TPSA) is 54.9 Å². The Morgan fingerprint density at radius 2 is 2.00 bits per heavy atom. The number of carbonyl (C=O) groups excluding carboxylic acids is 1. The molecule has 0 spiro atoms. The van der Waals surface area contributed by atoms with E-state index in [2.05, 4.69) is 15.3 Å². The number of anilines is 1. The molecule has 4 aromatic rings. The van der Waals surface area contributed by atoms with Crippen molar-refractivity contribution >= 4 is 43.8 Å². The number of aryl methyl sites for hydroxylation is 1. The van der Waals surface area contributed by atoms with E-state index in [0.29, 0.717) is 26.8 Å². The van der Waals surface area contributed by atoms with Crippen LogP contribution in [0.3, 0.4) is 0 Å². The molecule has 4 rings (SSSR count). The number of halogens is 3. The monoisotopic (exact) mass is 433 g/mol. The van der Waals surface area contributed by atoms with Gasteiger partial charge in [0.15, 0.2) is 0 Å². The number of thiazole rings is 2. The summed E-state index contributed by atoms with van der Waals surface area (Å²) in [5, 5.41) is 4.07. The molecule has 148 valence electrons. The third kappa shape index (κ3) is 4.30. The number of benzene rings is 2. The van der Waals surface area contributed by atoms with E-state index in [0.717, 1.165) is 22.3 Å². The maximum absolute atomic E-state index is 12.9. The molecule has 0 aliphatic rings. The molecular formula is C20H14F3N3OS2. The van der Waals surface area contributed by atoms with Crippen LogP contribution in [0.5, 0.6) is 0 Å². The molecule has 2 aromatic heterocycles. The van der Waals surface area contributed by atoms with Gasteiger partial charge in [-0.05, 0) is 36.8 Å². The Morgan fingerprint density at radius 3 is 2.79 bits per heavy atom. The molecule has 0 bridgehead atoms. The van der Waals surface area contributed by atoms with Crippen molar-refractivity contribution in [3.63, 3.8) is 0 Å². The van der Waals surface area contributed by atoms with Gasteiger partial charge in [-0.25, -0.2) is 9.97 Å². The first kappa shape index (κ1) is 19.5. The van der Waals surface area contributed by atoms with Gasteiger partial charge in [0.05, 0.1) is 32.0 Å². The van der Waals surface area contributed by atoms with Crippen molar-refractivity contribution in [2.24, 2.45) is 0 Å². The quantitative estimate of drug-likeness (QED) is 0.434. The van der Waals surface area contributed by atoms with Crippen molar-refractivity contribution in [3.05, 3.63) is 75.4 Å². The molecule has 0 atom stereocenters. The van der Waals surface area contributed by atoms with Gasteiger partial charge in [-0.2, -0.15) is 13.2 Å². The van der Waals surface area contributed by atoms with Crippen molar-refractivity contribution in [2.45, 2.75) is 19.5 Å². The standard InChI is InChI=1S/C20H14F3N3OS2/c1-11-19(26-18(27)13-5-6-15-16(9-13)28-10-24-15)29-17(25-11)8-12-3-2-4-14(7-12)20(21,22)23/h2-7,9-10H,8H2,1H3,(H,26,27). The highest BCUT2D eigenvalue weighted by Crippen LogP contribution is 2.31. The highest BCUT2D eigenvalue weighted by molar-refractivity contribution is 7.16. The summed E-state index contributed by atoms with van der Waals surface area (Å²) in [6, 6.07) is 10.5. The summed E-state index contributed by atoms with van der Waals surface area (Å²) < 4.78 is 39.6. The number of hydrogen-bond acceptors (Lipinski definition) is 5. The van der Waals surface area contributed by atoms with Crippen molar-refractivity contribution in [1.29, 1.82) is 0 Å². The fourth-order valence-corrected chi connectivity index (χ4v) is 4.56. The molecule has 1 N–H and O–H groups in total. The SMILES string of the molecule is Cc1nc(Cc2cccc(C(F)(F)F)c2)sc1NC(=O)c1ccc2ncsc2c1. The van der Waals surface area contributed by atoms with E-state index in [1.807, 2.05) is 0 Å². The molecule has 29 heavy (non-hydrogen) atoms. The molecule has 9 heteroatoms. The molecule has 0 aliphatic carbocycles. The normalized spacial score (nSPS) is 11.7. The summed E-state index contributed by atoms with van der Waals surface area (Å²) in [6.45, 7) is 1.76. The summed E-state index contributed by atoms with van der Waals surface area (Å²) in [7, 11) is 0. The molecular weight excluding hydrogens is 419 g/mol. The Kier molecular flexibility index (Phi) is 5.10. The van der Waals surface area contributed by atoms with Crippen LogP contribution in [0.25, 0.3) is 10.2 Å². The van der Waals surface area contributed by atoms with E-state index >= 15 is 0 Å². The molecule has 0 saturated carbocycles. The first-order valence-corrected chi connectivity index (χ1v) is 10.3. The Bertz CT molecular complexity index is 1200. The van der Waals surface area contributed by atoms with Crippen LogP contribution >= 0.6 is 22.7 Å². The second kappa shape index (κ2) is 7.57. The predicted octanol–water partition coefficient (Wildman–Crippen LogP) is 5.92. The predicted molar refractivity (Wildman–Crippen MR) is 109 cm³/mol. The number of aromatic nitrogens is 2. The van der Waals surface area contributed by atoms with Gasteiger partial charge in [0, 0.05) is 12.0 Å². The van der Waals surface area contributed by atoms with Gasteiger partial charge in [0.25, 0.3) is 5.91 Å². The largest absolute Gasteiger partial charge is 0.416 e. The third-order valence-corrected chi connectivity index (χ3v) is 6.14. The number of alkyl halides is 3. The van der Waals surface area contributed by atoms with Crippen LogP contribution in [0.15, 0.2) is 48.0 Å². The summed E-state index contributed by atoms with van der Waals surface area (Å²) in [6.07, 6.45) is -4.12. The number of hydrogen-bond donors (Lipinski definition) is 1. The highest BCUT2D eigenvalue weighted by atomic mass is 32.1. The van der Waals surface area contributed by atoms with E-state index in [9.17, 15) is 18.0 Å². The van der Waals surface area contributed by atoms with Gasteiger partial charge in [-0.15, -0.1) is 22.7 Å². The molecule has 4 nitrogen and oxygen atoms in total. The Hall–Kier alpha value is -2.78. The van der Waals surface area contributed by atoms with Crippen LogP contribution in [0.2, 0.25) is 0 Å². The third-order valence-electron chi connectivity index (χ3n) is 4.27. The van der Waals surface area contributed by atoms with E-state index in [4.69, 9.17) is 0 Å². The minimum Gasteiger partial charge on any atom is -0.312 e. The molecule has 2 aromatic carbocycles. The van der Waals surface area contributed by atoms with E-state index in [1.165, 1.54) is 28.7 Å². The van der Waals surface area contributed by atoms with Crippen molar-refractivity contribution in [3.8, 4) is 0 Å². The van der Waals surface area contributed by atoms with Crippen LogP contribution in [-0.2, 0) is 12.6 Å². The maximum Gasteiger partial charge on any atom is 0.416 e. The molecule has 0 unspecified atom stereocenters. The zero-order valence-corrected chi connectivity index (χ0v) is 16.7. The first-order valence-electron chi connectivity index (χ1n) is 8.56. The molecule has 0 fully saturated rings. The van der Waals surface area contributed by atoms with Gasteiger partial charge < -0.3 is 5.32 Å². The van der Waals surface area contributed by atoms with Gasteiger partial charge in [0.1, 0.15) is 5.00 Å². The Morgan fingerprint density at radius 1 is 1.17 bits per heavy atom. The van der Waals surface area contributed by atoms with Gasteiger partial charge in [-0.1, -0.05) is 18.2 Å². The van der Waals surface area contributed by atoms with Crippen LogP contribution in [-0.4, -0.2) is 15.9 Å². The van der Waals surface area contributed by atoms with Crippen LogP contribution < -0.4 is 5.32 Å². The second-order valence-electron chi connectivity index (χ2n) is 6.39. The second-order valence-corrected chi connectivity index (χ2v) is 8.36. The minimum absolute atomic E-state index is 0.262. The number of carbonyl (C=O) groups is 1. The number of nitrogens with one attached hydrogen (secondary N) is 1. The summed E-state index contributed by atoms with van der Waals surface area (Å²) in [4.78, 5) is 21.2. The zero-order valence-electron chi connectivity index (χ0n) is 15.1. The van der Waals surface area contributed by atoms with Crippen molar-refractivity contribution < 1.29 is 18.0 Å². The number of nitrogens with zero attached hydrogens (tertiary/aromatic N) is 2. The molecule has 2 heterocycles. The van der Waals surface area contributed by atoms with Gasteiger partial charge in [0.2, 0.25) is 0 Å². The average molecular weight is 433 g/mol. The summed E-state index contributed by atoms with van der Waals surface area (Å²) in [5.74, 6) is -0.266. The molecule has 0 saturated heterocycles. The lowest BCUT2D eigenvalue weighted by Gasteiger charge is -2.07. The Labute approximate surface area is 172 Å². The zero-order chi connectivity index (χ0) is 20.6. The van der Waals surface area contributed by atoms with Crippen molar-refractivity contribution in [2.75, 3.05) is 5.32 Å². The molecule has 0 aliphatic heterocycles. The lowest BCUT2D eigenvalue weighted by molar-refractivity contribution is -0.137. The van der Waals surface area contributed by atoms with Crippen LogP contribution in [0, 0.1) is 6.92 Å². The van der Waals surface area contributed by atoms with Gasteiger partial charge in [-0.3, -0.25) is 4.79 Å². The number of amides is 1. The fourth-order valence-electron chi connectivity index (χ4n) is 2.85. The summed E-state index contributed by atoms with van der Waals surface area (Å²) >= 11 is 2.72. The first-order chi connectivity index (χ1) is 13.8. The van der Waals surface area contributed by atoms with Gasteiger partial charge >= 0.3 is 6.18 Å². The van der Waals surface area contributed by atoms with Crippen LogP contribution in [0.1, 0.15) is 32.2 Å². The lowest BCUT2D eigenvalue weighted by atomic mass is 10.1. The average Bonchev–Trinajstić information content (AvgIpc) is 3.27. The lowest BCUT2D eigenvalue weighted by Crippen LogP contribution is -2.11. The minimum atomic E-state index is -4.38. The van der Waals surface area contributed by atoms with Crippen LogP contribution in [0.4, 0.5) is 18.2 Å². The van der Waals surface area contributed by atoms with Crippen molar-refractivity contribution in [1.82, 2.24) is 9.97 Å². The van der Waals surface area contributed by atoms with E-state index in [-0.39, 0.29) is 12.3 Å². The smallest absolute Gasteiger partial charge is 0.312 e. The van der Waals surface area contributed by atoms with E-state index in [1.54, 1.807) is 36.7 Å². The molecule has 1 amide bonds. The summed E-state index contributed by atoms with van der Waals surface area (Å²) in [5.41, 5.74) is 3.53. The molecule has 0 radical (unpaired) electrons.